The Bertz CT molecular complexity index is 661. The lowest BCUT2D eigenvalue weighted by atomic mass is 9.83. The molecular weight excluding hydrogens is 314 g/mol. The van der Waals surface area contributed by atoms with Crippen molar-refractivity contribution in [2.24, 2.45) is 5.41 Å². The summed E-state index contributed by atoms with van der Waals surface area (Å²) in [6, 6.07) is 11.3. The first-order valence-electron chi connectivity index (χ1n) is 8.75. The highest BCUT2D eigenvalue weighted by Gasteiger charge is 2.26. The first-order valence-corrected chi connectivity index (χ1v) is 8.75. The standard InChI is InChI=1S/C20H27N3O2/c1-3-20(4-2,15-24)14-23-19(25)17-9-5-6-10-18(17)22-13-16-8-7-11-21-12-16/h5-12,22,24H,3-4,13-15H2,1-2H3,(H,23,25). The van der Waals surface area contributed by atoms with E-state index in [1.165, 1.54) is 0 Å². The molecule has 0 bridgehead atoms. The smallest absolute Gasteiger partial charge is 0.253 e. The number of nitrogens with one attached hydrogen (secondary N) is 2. The first kappa shape index (κ1) is 18.9. The number of pyridine rings is 1. The van der Waals surface area contributed by atoms with Gasteiger partial charge in [0.25, 0.3) is 5.91 Å². The minimum atomic E-state index is -0.256. The molecule has 1 heterocycles. The van der Waals surface area contributed by atoms with E-state index >= 15 is 0 Å². The third-order valence-electron chi connectivity index (χ3n) is 4.84. The molecule has 3 N–H and O–H groups in total. The summed E-state index contributed by atoms with van der Waals surface area (Å²) in [5.41, 5.74) is 2.18. The van der Waals surface area contributed by atoms with Gasteiger partial charge >= 0.3 is 0 Å². The van der Waals surface area contributed by atoms with E-state index in [1.54, 1.807) is 18.5 Å². The van der Waals surface area contributed by atoms with Crippen LogP contribution >= 0.6 is 0 Å². The van der Waals surface area contributed by atoms with Gasteiger partial charge in [0.1, 0.15) is 0 Å². The number of hydrogen-bond donors (Lipinski definition) is 3. The van der Waals surface area contributed by atoms with Gasteiger partial charge in [-0.3, -0.25) is 9.78 Å². The molecule has 5 heteroatoms. The molecule has 1 amide bonds. The van der Waals surface area contributed by atoms with Crippen molar-refractivity contribution in [3.05, 3.63) is 59.9 Å². The number of benzene rings is 1. The number of rotatable bonds is 9. The number of carbonyl (C=O) groups is 1. The van der Waals surface area contributed by atoms with Crippen LogP contribution in [0.3, 0.4) is 0 Å². The van der Waals surface area contributed by atoms with Gasteiger partial charge in [-0.25, -0.2) is 0 Å². The zero-order valence-corrected chi connectivity index (χ0v) is 15.0. The van der Waals surface area contributed by atoms with Crippen molar-refractivity contribution in [1.82, 2.24) is 10.3 Å². The van der Waals surface area contributed by atoms with Gasteiger partial charge in [0.2, 0.25) is 0 Å². The Morgan fingerprint density at radius 3 is 2.56 bits per heavy atom. The second kappa shape index (κ2) is 9.18. The highest BCUT2D eigenvalue weighted by atomic mass is 16.3. The molecule has 0 saturated heterocycles. The lowest BCUT2D eigenvalue weighted by molar-refractivity contribution is 0.0851. The molecule has 2 rings (SSSR count). The van der Waals surface area contributed by atoms with E-state index in [4.69, 9.17) is 0 Å². The van der Waals surface area contributed by atoms with E-state index in [1.807, 2.05) is 44.2 Å². The number of amides is 1. The largest absolute Gasteiger partial charge is 0.396 e. The Balaban J connectivity index is 2.05. The molecule has 0 aliphatic rings. The lowest BCUT2D eigenvalue weighted by Crippen LogP contribution is -2.39. The summed E-state index contributed by atoms with van der Waals surface area (Å²) in [6.45, 7) is 5.21. The Labute approximate surface area is 149 Å². The number of carbonyl (C=O) groups excluding carboxylic acids is 1. The molecule has 0 saturated carbocycles. The maximum absolute atomic E-state index is 12.6. The van der Waals surface area contributed by atoms with Gasteiger partial charge in [0.15, 0.2) is 0 Å². The molecule has 25 heavy (non-hydrogen) atoms. The van der Waals surface area contributed by atoms with Crippen molar-refractivity contribution < 1.29 is 9.90 Å². The summed E-state index contributed by atoms with van der Waals surface area (Å²) in [4.78, 5) is 16.7. The molecule has 1 aromatic carbocycles. The van der Waals surface area contributed by atoms with Gasteiger partial charge in [-0.2, -0.15) is 0 Å². The van der Waals surface area contributed by atoms with Crippen LogP contribution in [0.2, 0.25) is 0 Å². The fourth-order valence-electron chi connectivity index (χ4n) is 2.68. The quantitative estimate of drug-likeness (QED) is 0.655. The summed E-state index contributed by atoms with van der Waals surface area (Å²) in [5.74, 6) is -0.131. The van der Waals surface area contributed by atoms with E-state index in [9.17, 15) is 9.90 Å². The normalized spacial score (nSPS) is 11.2. The zero-order valence-electron chi connectivity index (χ0n) is 15.0. The average molecular weight is 341 g/mol. The van der Waals surface area contributed by atoms with Crippen molar-refractivity contribution in [3.63, 3.8) is 0 Å². The molecule has 0 spiro atoms. The Morgan fingerprint density at radius 1 is 1.16 bits per heavy atom. The Hall–Kier alpha value is -2.40. The van der Waals surface area contributed by atoms with Crippen molar-refractivity contribution in [3.8, 4) is 0 Å². The van der Waals surface area contributed by atoms with Gasteiger partial charge in [0, 0.05) is 36.6 Å². The maximum atomic E-state index is 12.6. The van der Waals surface area contributed by atoms with Crippen molar-refractivity contribution in [1.29, 1.82) is 0 Å². The monoisotopic (exact) mass is 341 g/mol. The third-order valence-corrected chi connectivity index (χ3v) is 4.84. The summed E-state index contributed by atoms with van der Waals surface area (Å²) >= 11 is 0. The molecule has 0 aliphatic heterocycles. The van der Waals surface area contributed by atoms with E-state index < -0.39 is 0 Å². The van der Waals surface area contributed by atoms with Crippen LogP contribution in [-0.4, -0.2) is 29.1 Å². The van der Waals surface area contributed by atoms with Gasteiger partial charge < -0.3 is 15.7 Å². The molecule has 0 fully saturated rings. The van der Waals surface area contributed by atoms with Gasteiger partial charge in [-0.1, -0.05) is 32.0 Å². The number of aromatic nitrogens is 1. The SMILES string of the molecule is CCC(CC)(CO)CNC(=O)c1ccccc1NCc1cccnc1. The Morgan fingerprint density at radius 2 is 1.92 bits per heavy atom. The number of nitrogens with zero attached hydrogens (tertiary/aromatic N) is 1. The van der Waals surface area contributed by atoms with Crippen LogP contribution in [0, 0.1) is 5.41 Å². The molecular formula is C20H27N3O2. The molecule has 5 nitrogen and oxygen atoms in total. The van der Waals surface area contributed by atoms with Crippen molar-refractivity contribution in [2.45, 2.75) is 33.2 Å². The number of anilines is 1. The van der Waals surface area contributed by atoms with Crippen molar-refractivity contribution >= 4 is 11.6 Å². The minimum absolute atomic E-state index is 0.0706. The van der Waals surface area contributed by atoms with Crippen LogP contribution in [0.15, 0.2) is 48.8 Å². The van der Waals surface area contributed by atoms with Crippen LogP contribution < -0.4 is 10.6 Å². The fraction of sp³-hybridized carbons (Fsp3) is 0.400. The molecule has 2 aromatic rings. The van der Waals surface area contributed by atoms with Gasteiger partial charge in [-0.15, -0.1) is 0 Å². The first-order chi connectivity index (χ1) is 12.1. The highest BCUT2D eigenvalue weighted by Crippen LogP contribution is 2.25. The second-order valence-corrected chi connectivity index (χ2v) is 6.31. The van der Waals surface area contributed by atoms with Crippen LogP contribution in [-0.2, 0) is 6.54 Å². The topological polar surface area (TPSA) is 74.2 Å². The molecule has 1 aromatic heterocycles. The fourth-order valence-corrected chi connectivity index (χ4v) is 2.68. The number of aliphatic hydroxyl groups excluding tert-OH is 1. The number of hydrogen-bond acceptors (Lipinski definition) is 4. The lowest BCUT2D eigenvalue weighted by Gasteiger charge is -2.29. The summed E-state index contributed by atoms with van der Waals surface area (Å²) in [7, 11) is 0. The zero-order chi connectivity index (χ0) is 18.1. The summed E-state index contributed by atoms with van der Waals surface area (Å²) < 4.78 is 0. The van der Waals surface area contributed by atoms with Crippen molar-refractivity contribution in [2.75, 3.05) is 18.5 Å². The summed E-state index contributed by atoms with van der Waals surface area (Å²) in [5, 5.41) is 15.9. The maximum Gasteiger partial charge on any atom is 0.253 e. The number of aliphatic hydroxyl groups is 1. The number of para-hydroxylation sites is 1. The van der Waals surface area contributed by atoms with Crippen LogP contribution in [0.1, 0.15) is 42.6 Å². The molecule has 0 unspecified atom stereocenters. The van der Waals surface area contributed by atoms with Crippen LogP contribution in [0.5, 0.6) is 0 Å². The summed E-state index contributed by atoms with van der Waals surface area (Å²) in [6.07, 6.45) is 5.18. The van der Waals surface area contributed by atoms with E-state index in [2.05, 4.69) is 15.6 Å². The average Bonchev–Trinajstić information content (AvgIpc) is 2.69. The van der Waals surface area contributed by atoms with Crippen LogP contribution in [0.25, 0.3) is 0 Å². The predicted molar refractivity (Wildman–Crippen MR) is 100 cm³/mol. The Kier molecular flexibility index (Phi) is 6.95. The van der Waals surface area contributed by atoms with Gasteiger partial charge in [0.05, 0.1) is 12.2 Å². The van der Waals surface area contributed by atoms with Crippen LogP contribution in [0.4, 0.5) is 5.69 Å². The minimum Gasteiger partial charge on any atom is -0.396 e. The van der Waals surface area contributed by atoms with E-state index in [0.29, 0.717) is 18.7 Å². The van der Waals surface area contributed by atoms with E-state index in [-0.39, 0.29) is 17.9 Å². The second-order valence-electron chi connectivity index (χ2n) is 6.31. The third kappa shape index (κ3) is 5.03. The molecule has 134 valence electrons. The molecule has 0 atom stereocenters. The molecule has 0 aliphatic carbocycles. The highest BCUT2D eigenvalue weighted by molar-refractivity contribution is 5.99. The van der Waals surface area contributed by atoms with Gasteiger partial charge in [-0.05, 0) is 36.6 Å². The van der Waals surface area contributed by atoms with E-state index in [0.717, 1.165) is 24.1 Å². The predicted octanol–water partition coefficient (Wildman–Crippen LogP) is 3.22. The molecule has 0 radical (unpaired) electrons.